The van der Waals surface area contributed by atoms with E-state index in [9.17, 15) is 0 Å². The molecule has 14 aromatic rings. The Bertz CT molecular complexity index is 4130. The van der Waals surface area contributed by atoms with Crippen molar-refractivity contribution in [1.29, 1.82) is 0 Å². The van der Waals surface area contributed by atoms with Crippen LogP contribution in [0.2, 0.25) is 0 Å². The Morgan fingerprint density at radius 2 is 0.700 bits per heavy atom. The predicted molar refractivity (Wildman–Crippen MR) is 299 cm³/mol. The number of hydrogen-bond donors (Lipinski definition) is 0. The first-order chi connectivity index (χ1) is 34.8. The zero-order valence-electron chi connectivity index (χ0n) is 38.3. The van der Waals surface area contributed by atoms with Crippen LogP contribution in [0.3, 0.4) is 0 Å². The Morgan fingerprint density at radius 1 is 0.257 bits per heavy atom. The highest BCUT2D eigenvalue weighted by Crippen LogP contribution is 2.42. The van der Waals surface area contributed by atoms with Crippen molar-refractivity contribution in [3.05, 3.63) is 273 Å². The van der Waals surface area contributed by atoms with Crippen molar-refractivity contribution in [1.82, 2.24) is 13.7 Å². The molecule has 0 unspecified atom stereocenters. The van der Waals surface area contributed by atoms with Gasteiger partial charge >= 0.3 is 0 Å². The summed E-state index contributed by atoms with van der Waals surface area (Å²) in [6, 6.07) is 102. The van der Waals surface area contributed by atoms with Gasteiger partial charge in [0.2, 0.25) is 0 Å². The van der Waals surface area contributed by atoms with E-state index >= 15 is 0 Å². The molecule has 0 aliphatic rings. The van der Waals surface area contributed by atoms with Crippen LogP contribution >= 0.6 is 0 Å². The molecule has 0 aliphatic carbocycles. The van der Waals surface area contributed by atoms with Crippen LogP contribution in [0.4, 0.5) is 0 Å². The van der Waals surface area contributed by atoms with Gasteiger partial charge in [0.1, 0.15) is 0 Å². The minimum Gasteiger partial charge on any atom is -0.309 e. The second kappa shape index (κ2) is 16.1. The number of para-hydroxylation sites is 4. The van der Waals surface area contributed by atoms with E-state index in [4.69, 9.17) is 0 Å². The molecule has 3 aromatic heterocycles. The number of fused-ring (bicyclic) bond motifs is 9. The lowest BCUT2D eigenvalue weighted by molar-refractivity contribution is 1.13. The molecule has 3 heterocycles. The molecule has 0 fully saturated rings. The van der Waals surface area contributed by atoms with Gasteiger partial charge in [-0.25, -0.2) is 0 Å². The lowest BCUT2D eigenvalue weighted by Crippen LogP contribution is -2.74. The average molecular weight is 908 g/mol. The van der Waals surface area contributed by atoms with Gasteiger partial charge in [0.05, 0.1) is 38.8 Å². The van der Waals surface area contributed by atoms with E-state index in [0.717, 1.165) is 22.6 Å². The van der Waals surface area contributed by atoms with Gasteiger partial charge in [-0.3, -0.25) is 0 Å². The normalized spacial score (nSPS) is 12.0. The summed E-state index contributed by atoms with van der Waals surface area (Å²) >= 11 is 0. The van der Waals surface area contributed by atoms with Crippen LogP contribution in [-0.2, 0) is 0 Å². The van der Waals surface area contributed by atoms with E-state index in [1.807, 2.05) is 0 Å². The Labute approximate surface area is 407 Å². The maximum absolute atomic E-state index is 3.05. The van der Waals surface area contributed by atoms with Crippen molar-refractivity contribution >= 4 is 94.2 Å². The molecule has 14 rings (SSSR count). The van der Waals surface area contributed by atoms with Crippen LogP contribution in [0, 0.1) is 0 Å². The summed E-state index contributed by atoms with van der Waals surface area (Å²) in [7, 11) is -3.05. The first-order valence-electron chi connectivity index (χ1n) is 24.2. The highest BCUT2D eigenvalue weighted by atomic mass is 28.3. The third kappa shape index (κ3) is 5.94. The van der Waals surface area contributed by atoms with Crippen molar-refractivity contribution in [2.45, 2.75) is 0 Å². The fourth-order valence-corrected chi connectivity index (χ4v) is 16.9. The summed E-state index contributed by atoms with van der Waals surface area (Å²) in [5.74, 6) is 0. The number of rotatable bonds is 8. The molecular weight excluding hydrogens is 863 g/mol. The van der Waals surface area contributed by atoms with Gasteiger partial charge in [-0.1, -0.05) is 212 Å². The number of hydrogen-bond acceptors (Lipinski definition) is 0. The maximum atomic E-state index is 2.57. The van der Waals surface area contributed by atoms with E-state index in [2.05, 4.69) is 287 Å². The van der Waals surface area contributed by atoms with Crippen LogP contribution in [-0.4, -0.2) is 21.8 Å². The number of nitrogens with zero attached hydrogens (tertiary/aromatic N) is 3. The molecule has 0 saturated heterocycles. The van der Waals surface area contributed by atoms with Gasteiger partial charge in [-0.05, 0) is 92.5 Å². The average Bonchev–Trinajstić information content (AvgIpc) is 4.08. The summed E-state index contributed by atoms with van der Waals surface area (Å²) in [5.41, 5.74) is 12.8. The molecule has 4 heteroatoms. The summed E-state index contributed by atoms with van der Waals surface area (Å²) in [6.07, 6.45) is 0. The van der Waals surface area contributed by atoms with Gasteiger partial charge < -0.3 is 13.7 Å². The number of benzene rings is 11. The SMILES string of the molecule is c1ccc(-c2cccc(-n3c4ccccc4c4cccc(-n5c6ccc(-n7c8ccccc8c8ccccc87)cc6c6c([Si](c7ccccc7)(c7ccccc7)c7ccccc7)cccc65)c43)c2)cc1. The first kappa shape index (κ1) is 40.1. The Hall–Kier alpha value is -8.96. The molecule has 70 heavy (non-hydrogen) atoms. The van der Waals surface area contributed by atoms with Crippen molar-refractivity contribution < 1.29 is 0 Å². The van der Waals surface area contributed by atoms with E-state index in [1.165, 1.54) is 91.8 Å². The fraction of sp³-hybridized carbons (Fsp3) is 0. The monoisotopic (exact) mass is 907 g/mol. The molecule has 0 N–H and O–H groups in total. The van der Waals surface area contributed by atoms with Crippen LogP contribution in [0.25, 0.3) is 93.6 Å². The smallest absolute Gasteiger partial charge is 0.180 e. The van der Waals surface area contributed by atoms with Crippen molar-refractivity contribution in [3.8, 4) is 28.2 Å². The van der Waals surface area contributed by atoms with E-state index < -0.39 is 8.07 Å². The Kier molecular flexibility index (Phi) is 9.23. The third-order valence-corrected chi connectivity index (χ3v) is 19.6. The van der Waals surface area contributed by atoms with Crippen LogP contribution < -0.4 is 20.7 Å². The topological polar surface area (TPSA) is 14.8 Å². The molecular formula is C66H45N3Si. The molecule has 0 atom stereocenters. The number of aromatic nitrogens is 3. The molecule has 0 radical (unpaired) electrons. The Morgan fingerprint density at radius 3 is 1.31 bits per heavy atom. The highest BCUT2D eigenvalue weighted by Gasteiger charge is 2.43. The summed E-state index contributed by atoms with van der Waals surface area (Å²) < 4.78 is 7.53. The molecule has 328 valence electrons. The molecule has 3 nitrogen and oxygen atoms in total. The van der Waals surface area contributed by atoms with Gasteiger partial charge in [0, 0.05) is 43.7 Å². The van der Waals surface area contributed by atoms with E-state index in [0.29, 0.717) is 0 Å². The van der Waals surface area contributed by atoms with Gasteiger partial charge in [-0.15, -0.1) is 0 Å². The first-order valence-corrected chi connectivity index (χ1v) is 26.2. The van der Waals surface area contributed by atoms with Crippen molar-refractivity contribution in [2.75, 3.05) is 0 Å². The lowest BCUT2D eigenvalue weighted by atomic mass is 10.1. The minimum absolute atomic E-state index is 1.12. The van der Waals surface area contributed by atoms with E-state index in [1.54, 1.807) is 0 Å². The molecule has 0 bridgehead atoms. The van der Waals surface area contributed by atoms with Gasteiger partial charge in [0.25, 0.3) is 0 Å². The van der Waals surface area contributed by atoms with E-state index in [-0.39, 0.29) is 0 Å². The third-order valence-electron chi connectivity index (χ3n) is 14.8. The molecule has 11 aromatic carbocycles. The molecule has 0 amide bonds. The van der Waals surface area contributed by atoms with Crippen LogP contribution in [0.15, 0.2) is 273 Å². The van der Waals surface area contributed by atoms with Crippen molar-refractivity contribution in [2.24, 2.45) is 0 Å². The lowest BCUT2D eigenvalue weighted by Gasteiger charge is -2.35. The zero-order valence-corrected chi connectivity index (χ0v) is 39.3. The minimum atomic E-state index is -3.05. The maximum Gasteiger partial charge on any atom is 0.180 e. The molecule has 0 aliphatic heterocycles. The standard InChI is InChI=1S/C66H45N3Si/c1-5-22-46(23-6-1)47-24-19-25-48(44-47)68-60-38-18-15-34-55(60)56-35-20-40-63(66(56)68)69-61-43-42-49(67-58-36-16-13-32-53(58)54-33-14-17-37-59(54)67)45-57(61)65-62(69)39-21-41-64(65)70(50-26-7-2-8-27-50,51-28-9-3-10-29-51)52-30-11-4-12-31-52/h1-45H. The quantitative estimate of drug-likeness (QED) is 0.107. The second-order valence-electron chi connectivity index (χ2n) is 18.4. The summed E-state index contributed by atoms with van der Waals surface area (Å²) in [6.45, 7) is 0. The van der Waals surface area contributed by atoms with Gasteiger partial charge in [0.15, 0.2) is 8.07 Å². The summed E-state index contributed by atoms with van der Waals surface area (Å²) in [4.78, 5) is 0. The van der Waals surface area contributed by atoms with Crippen LogP contribution in [0.5, 0.6) is 0 Å². The largest absolute Gasteiger partial charge is 0.309 e. The molecule has 0 saturated carbocycles. The Balaban J connectivity index is 1.15. The second-order valence-corrected chi connectivity index (χ2v) is 22.2. The summed E-state index contributed by atoms with van der Waals surface area (Å²) in [5, 5.41) is 12.8. The van der Waals surface area contributed by atoms with Crippen molar-refractivity contribution in [3.63, 3.8) is 0 Å². The molecule has 0 spiro atoms. The zero-order chi connectivity index (χ0) is 46.2. The predicted octanol–water partition coefficient (Wildman–Crippen LogP) is 14.0. The fourth-order valence-electron chi connectivity index (χ4n) is 11.9. The highest BCUT2D eigenvalue weighted by molar-refractivity contribution is 7.20. The van der Waals surface area contributed by atoms with Crippen LogP contribution in [0.1, 0.15) is 0 Å². The van der Waals surface area contributed by atoms with Gasteiger partial charge in [-0.2, -0.15) is 0 Å².